The summed E-state index contributed by atoms with van der Waals surface area (Å²) in [7, 11) is 1.79. The van der Waals surface area contributed by atoms with Gasteiger partial charge in [-0.3, -0.25) is 24.4 Å². The number of unbranched alkanes of at least 4 members (excludes halogenated alkanes) is 2. The molecule has 0 aliphatic carbocycles. The number of primary amides is 1. The number of carbonyl (C=O) groups excluding carboxylic acids is 3. The largest absolute Gasteiger partial charge is 0.366 e. The van der Waals surface area contributed by atoms with E-state index >= 15 is 0 Å². The first kappa shape index (κ1) is 31.3. The van der Waals surface area contributed by atoms with Crippen LogP contribution in [0.4, 0.5) is 5.69 Å². The lowest BCUT2D eigenvalue weighted by atomic mass is 10.0. The Kier molecular flexibility index (Phi) is 11.0. The van der Waals surface area contributed by atoms with Gasteiger partial charge in [-0.1, -0.05) is 57.5 Å². The van der Waals surface area contributed by atoms with E-state index in [0.29, 0.717) is 30.9 Å². The molecule has 3 amide bonds. The molecule has 3 N–H and O–H groups in total. The number of carbonyl (C=O) groups is 3. The van der Waals surface area contributed by atoms with Crippen molar-refractivity contribution in [2.75, 3.05) is 31.6 Å². The van der Waals surface area contributed by atoms with E-state index in [1.54, 1.807) is 24.2 Å². The summed E-state index contributed by atoms with van der Waals surface area (Å²) >= 11 is 0. The Balaban J connectivity index is 0.00000462. The Labute approximate surface area is 243 Å². The van der Waals surface area contributed by atoms with Gasteiger partial charge in [0.25, 0.3) is 5.91 Å². The second-order valence-corrected chi connectivity index (χ2v) is 10.2. The van der Waals surface area contributed by atoms with E-state index in [-0.39, 0.29) is 32.3 Å². The smallest absolute Gasteiger partial charge is 0.256 e. The molecular weight excluding hydrogens is 516 g/mol. The van der Waals surface area contributed by atoms with Crippen molar-refractivity contribution in [3.05, 3.63) is 83.0 Å². The van der Waals surface area contributed by atoms with Crippen LogP contribution < -0.4 is 16.0 Å². The quantitative estimate of drug-likeness (QED) is 0.321. The predicted octanol–water partition coefficient (Wildman–Crippen LogP) is 4.29. The number of pyridine rings is 1. The number of nitrogens with one attached hydrogen (secondary N) is 1. The van der Waals surface area contributed by atoms with Crippen LogP contribution in [-0.4, -0.2) is 59.4 Å². The van der Waals surface area contributed by atoms with Gasteiger partial charge in [0.2, 0.25) is 11.8 Å². The summed E-state index contributed by atoms with van der Waals surface area (Å²) in [4.78, 5) is 44.0. The molecule has 41 heavy (non-hydrogen) atoms. The Hall–Kier alpha value is -4.24. The fourth-order valence-corrected chi connectivity index (χ4v) is 4.89. The van der Waals surface area contributed by atoms with E-state index in [2.05, 4.69) is 29.4 Å². The number of aryl methyl sites for hydroxylation is 1. The number of hydrazine groups is 1. The van der Waals surface area contributed by atoms with Gasteiger partial charge in [0.15, 0.2) is 0 Å². The van der Waals surface area contributed by atoms with Gasteiger partial charge in [0, 0.05) is 44.1 Å². The second kappa shape index (κ2) is 14.4. The molecule has 1 aliphatic heterocycles. The third kappa shape index (κ3) is 7.91. The van der Waals surface area contributed by atoms with Gasteiger partial charge >= 0.3 is 0 Å². The standard InChI is InChI=1S/C31H38N6O3.CH4/c1-4-5-8-15-33-29(38)20-36(21-30(39)35(3)37-18-25-9-6-7-10-26(25)19-37)28-14-12-23(16-22(28)2)27-13-11-24(17-34-27)31(32)40;/h6-7,9-14,16-17H,4-5,8,15,18-21H2,1-3H3,(H2,32,40)(H,33,38);1H4. The Morgan fingerprint density at radius 3 is 2.29 bits per heavy atom. The highest BCUT2D eigenvalue weighted by molar-refractivity contribution is 5.92. The zero-order valence-electron chi connectivity index (χ0n) is 23.5. The molecule has 0 spiro atoms. The van der Waals surface area contributed by atoms with Crippen molar-refractivity contribution in [3.63, 3.8) is 0 Å². The molecular formula is C32H42N6O3. The third-order valence-corrected chi connectivity index (χ3v) is 7.25. The maximum atomic E-state index is 13.5. The first-order valence-electron chi connectivity index (χ1n) is 13.7. The zero-order valence-corrected chi connectivity index (χ0v) is 23.5. The highest BCUT2D eigenvalue weighted by atomic mass is 16.2. The SMILES string of the molecule is C.CCCCCNC(=O)CN(CC(=O)N(C)N1Cc2ccccc2C1)c1ccc(-c2ccc(C(N)=O)cn2)cc1C. The third-order valence-electron chi connectivity index (χ3n) is 7.25. The lowest BCUT2D eigenvalue weighted by Gasteiger charge is -2.32. The number of benzene rings is 2. The lowest BCUT2D eigenvalue weighted by Crippen LogP contribution is -2.48. The predicted molar refractivity (Wildman–Crippen MR) is 163 cm³/mol. The monoisotopic (exact) mass is 558 g/mol. The Bertz CT molecular complexity index is 1330. The molecule has 0 saturated carbocycles. The summed E-state index contributed by atoms with van der Waals surface area (Å²) in [5.74, 6) is -0.743. The fraction of sp³-hybridized carbons (Fsp3) is 0.375. The molecule has 3 aromatic rings. The first-order valence-corrected chi connectivity index (χ1v) is 13.7. The normalized spacial score (nSPS) is 12.3. The van der Waals surface area contributed by atoms with Crippen LogP contribution in [0.15, 0.2) is 60.8 Å². The maximum absolute atomic E-state index is 13.5. The van der Waals surface area contributed by atoms with Gasteiger partial charge in [-0.05, 0) is 54.3 Å². The van der Waals surface area contributed by atoms with Gasteiger partial charge in [0.05, 0.1) is 24.3 Å². The van der Waals surface area contributed by atoms with Crippen LogP contribution >= 0.6 is 0 Å². The number of aromatic nitrogens is 1. The summed E-state index contributed by atoms with van der Waals surface area (Å²) in [6.45, 7) is 6.16. The summed E-state index contributed by atoms with van der Waals surface area (Å²) in [5.41, 5.74) is 11.4. The van der Waals surface area contributed by atoms with Gasteiger partial charge < -0.3 is 16.0 Å². The van der Waals surface area contributed by atoms with E-state index < -0.39 is 5.91 Å². The van der Waals surface area contributed by atoms with Crippen molar-refractivity contribution in [3.8, 4) is 11.3 Å². The molecule has 0 fully saturated rings. The molecule has 1 aliphatic rings. The van der Waals surface area contributed by atoms with Crippen molar-refractivity contribution in [2.45, 2.75) is 53.6 Å². The minimum absolute atomic E-state index is 0. The van der Waals surface area contributed by atoms with Gasteiger partial charge in [0.1, 0.15) is 0 Å². The van der Waals surface area contributed by atoms with Crippen LogP contribution in [-0.2, 0) is 22.7 Å². The average Bonchev–Trinajstić information content (AvgIpc) is 3.39. The number of nitrogens with zero attached hydrogens (tertiary/aromatic N) is 4. The maximum Gasteiger partial charge on any atom is 0.256 e. The number of hydrogen-bond donors (Lipinski definition) is 2. The van der Waals surface area contributed by atoms with Crippen molar-refractivity contribution in [1.29, 1.82) is 0 Å². The molecule has 0 bridgehead atoms. The molecule has 218 valence electrons. The molecule has 1 aromatic heterocycles. The number of nitrogens with two attached hydrogens (primary N) is 1. The van der Waals surface area contributed by atoms with Crippen LogP contribution in [0.25, 0.3) is 11.3 Å². The molecule has 2 aromatic carbocycles. The number of amides is 3. The van der Waals surface area contributed by atoms with Crippen LogP contribution in [0.5, 0.6) is 0 Å². The lowest BCUT2D eigenvalue weighted by molar-refractivity contribution is -0.145. The second-order valence-electron chi connectivity index (χ2n) is 10.2. The van der Waals surface area contributed by atoms with Crippen LogP contribution in [0, 0.1) is 6.92 Å². The molecule has 0 atom stereocenters. The minimum atomic E-state index is -0.526. The molecule has 9 nitrogen and oxygen atoms in total. The molecule has 2 heterocycles. The summed E-state index contributed by atoms with van der Waals surface area (Å²) in [5, 5.41) is 6.68. The van der Waals surface area contributed by atoms with Gasteiger partial charge in [-0.15, -0.1) is 0 Å². The number of likely N-dealkylation sites (N-methyl/N-ethyl adjacent to an activating group) is 1. The highest BCUT2D eigenvalue weighted by Gasteiger charge is 2.27. The summed E-state index contributed by atoms with van der Waals surface area (Å²) in [6, 6.07) is 17.4. The summed E-state index contributed by atoms with van der Waals surface area (Å²) < 4.78 is 0. The van der Waals surface area contributed by atoms with Crippen molar-refractivity contribution < 1.29 is 14.4 Å². The Morgan fingerprint density at radius 2 is 1.71 bits per heavy atom. The highest BCUT2D eigenvalue weighted by Crippen LogP contribution is 2.27. The van der Waals surface area contributed by atoms with E-state index in [1.165, 1.54) is 17.3 Å². The van der Waals surface area contributed by atoms with Gasteiger partial charge in [-0.2, -0.15) is 0 Å². The van der Waals surface area contributed by atoms with Crippen molar-refractivity contribution in [2.24, 2.45) is 5.73 Å². The van der Waals surface area contributed by atoms with Crippen molar-refractivity contribution in [1.82, 2.24) is 20.3 Å². The van der Waals surface area contributed by atoms with E-state index in [1.807, 2.05) is 47.2 Å². The number of anilines is 1. The average molecular weight is 559 g/mol. The van der Waals surface area contributed by atoms with Crippen LogP contribution in [0.2, 0.25) is 0 Å². The fourth-order valence-electron chi connectivity index (χ4n) is 4.89. The number of fused-ring (bicyclic) bond motifs is 1. The van der Waals surface area contributed by atoms with E-state index in [0.717, 1.165) is 36.1 Å². The number of rotatable bonds is 12. The van der Waals surface area contributed by atoms with Crippen molar-refractivity contribution >= 4 is 23.4 Å². The molecule has 0 saturated heterocycles. The topological polar surface area (TPSA) is 112 Å². The summed E-state index contributed by atoms with van der Waals surface area (Å²) in [6.07, 6.45) is 4.52. The molecule has 4 rings (SSSR count). The Morgan fingerprint density at radius 1 is 1.00 bits per heavy atom. The molecule has 9 heteroatoms. The molecule has 0 radical (unpaired) electrons. The van der Waals surface area contributed by atoms with Gasteiger partial charge in [-0.25, -0.2) is 5.01 Å². The van der Waals surface area contributed by atoms with Crippen LogP contribution in [0.3, 0.4) is 0 Å². The first-order chi connectivity index (χ1) is 19.3. The zero-order chi connectivity index (χ0) is 28.6. The molecule has 0 unspecified atom stereocenters. The van der Waals surface area contributed by atoms with E-state index in [9.17, 15) is 14.4 Å². The van der Waals surface area contributed by atoms with Crippen LogP contribution in [0.1, 0.15) is 60.7 Å². The minimum Gasteiger partial charge on any atom is -0.366 e. The van der Waals surface area contributed by atoms with E-state index in [4.69, 9.17) is 5.73 Å². The number of hydrogen-bond acceptors (Lipinski definition) is 6.